The summed E-state index contributed by atoms with van der Waals surface area (Å²) in [6.45, 7) is 2.52. The van der Waals surface area contributed by atoms with Crippen LogP contribution in [0.5, 0.6) is 11.5 Å². The topological polar surface area (TPSA) is 196 Å². The maximum atomic E-state index is 14.6. The number of aromatic nitrogens is 8. The molecule has 0 spiro atoms. The molecule has 4 atom stereocenters. The first-order valence-electron chi connectivity index (χ1n) is 40.1. The summed E-state index contributed by atoms with van der Waals surface area (Å²) in [7, 11) is 3.34. The van der Waals surface area contributed by atoms with Crippen molar-refractivity contribution in [2.75, 3.05) is 48.6 Å². The SMILES string of the molecule is COc1ccc(CCNc2ncc3c(n2)-c2ccccc2C(c2ccc(F)cc2)C3)cc1.COc1ccc(CCNc2ncc3c(n2)-c2ccccc2C(c2ccccc2F)C3)cc1.Fc1ccc(C2Cc3cnc(NCc4ccco4)nc3-c3ccccc32)cc1.Fc1ccccc1C1Cc2cnc(NCc3ccco3)nc2-c2ccccc21. The minimum Gasteiger partial charge on any atom is -0.497 e. The number of benzene rings is 10. The lowest BCUT2D eigenvalue weighted by atomic mass is 9.78. The van der Waals surface area contributed by atoms with Crippen LogP contribution in [0.1, 0.15) is 113 Å². The van der Waals surface area contributed by atoms with Gasteiger partial charge in [0.1, 0.15) is 46.3 Å². The Morgan fingerprint density at radius 2 is 0.617 bits per heavy atom. The summed E-state index contributed by atoms with van der Waals surface area (Å²) in [6, 6.07) is 84.1. The molecule has 6 aromatic heterocycles. The van der Waals surface area contributed by atoms with E-state index in [0.717, 1.165) is 151 Å². The first kappa shape index (κ1) is 78.1. The molecule has 596 valence electrons. The summed E-state index contributed by atoms with van der Waals surface area (Å²) in [5.41, 5.74) is 23.0. The van der Waals surface area contributed by atoms with Gasteiger partial charge in [-0.25, -0.2) is 57.4 Å². The van der Waals surface area contributed by atoms with Crippen LogP contribution in [0.15, 0.2) is 313 Å². The molecule has 4 N–H and O–H groups in total. The Balaban J connectivity index is 0.000000114. The zero-order valence-corrected chi connectivity index (χ0v) is 66.0. The van der Waals surface area contributed by atoms with Crippen LogP contribution in [-0.2, 0) is 51.6 Å². The molecule has 16 nitrogen and oxygen atoms in total. The normalized spacial score (nSPS) is 14.7. The maximum Gasteiger partial charge on any atom is 0.223 e. The zero-order chi connectivity index (χ0) is 81.7. The second-order valence-corrected chi connectivity index (χ2v) is 29.7. The zero-order valence-electron chi connectivity index (χ0n) is 66.0. The van der Waals surface area contributed by atoms with Crippen molar-refractivity contribution in [2.24, 2.45) is 0 Å². The summed E-state index contributed by atoms with van der Waals surface area (Å²) in [5.74, 6) is 5.18. The average Bonchev–Trinajstić information content (AvgIpc) is 0.785. The fraction of sp³-hybridized carbons (Fsp3) is 0.160. The molecule has 120 heavy (non-hydrogen) atoms. The number of halogens is 4. The fourth-order valence-electron chi connectivity index (χ4n) is 16.3. The first-order chi connectivity index (χ1) is 59.0. The van der Waals surface area contributed by atoms with E-state index in [1.54, 1.807) is 38.9 Å². The van der Waals surface area contributed by atoms with Crippen LogP contribution in [0, 0.1) is 23.3 Å². The van der Waals surface area contributed by atoms with Crippen molar-refractivity contribution in [1.82, 2.24) is 39.9 Å². The van der Waals surface area contributed by atoms with Crippen molar-refractivity contribution >= 4 is 23.8 Å². The van der Waals surface area contributed by atoms with E-state index in [1.165, 1.54) is 58.7 Å². The number of methoxy groups -OCH3 is 2. The lowest BCUT2D eigenvalue weighted by molar-refractivity contribution is 0.414. The van der Waals surface area contributed by atoms with Crippen LogP contribution in [0.25, 0.3) is 45.0 Å². The molecule has 20 heteroatoms. The monoisotopic (exact) mass is 1590 g/mol. The lowest BCUT2D eigenvalue weighted by Crippen LogP contribution is -2.16. The Morgan fingerprint density at radius 3 is 0.933 bits per heavy atom. The second-order valence-electron chi connectivity index (χ2n) is 29.7. The van der Waals surface area contributed by atoms with E-state index in [2.05, 4.69) is 114 Å². The molecule has 10 aromatic carbocycles. The van der Waals surface area contributed by atoms with E-state index >= 15 is 0 Å². The van der Waals surface area contributed by atoms with Gasteiger partial charge < -0.3 is 39.6 Å². The van der Waals surface area contributed by atoms with Crippen LogP contribution < -0.4 is 30.7 Å². The highest BCUT2D eigenvalue weighted by Crippen LogP contribution is 2.47. The molecule has 16 aromatic rings. The van der Waals surface area contributed by atoms with Gasteiger partial charge in [0, 0.05) is 83.8 Å². The number of hydrogen-bond acceptors (Lipinski definition) is 16. The molecule has 0 amide bonds. The van der Waals surface area contributed by atoms with Crippen molar-refractivity contribution < 1.29 is 35.9 Å². The van der Waals surface area contributed by atoms with Crippen LogP contribution in [0.2, 0.25) is 0 Å². The number of ether oxygens (including phenoxy) is 2. The summed E-state index contributed by atoms with van der Waals surface area (Å²) in [5, 5.41) is 13.1. The van der Waals surface area contributed by atoms with Gasteiger partial charge in [-0.3, -0.25) is 0 Å². The quantitative estimate of drug-likeness (QED) is 0.0526. The Labute approximate surface area is 693 Å². The summed E-state index contributed by atoms with van der Waals surface area (Å²) in [6.07, 6.45) is 15.5. The Bertz CT molecular complexity index is 6200. The molecule has 0 saturated carbocycles. The maximum absolute atomic E-state index is 14.6. The number of nitrogens with one attached hydrogen (secondary N) is 4. The molecular weight excluding hydrogens is 1510 g/mol. The second kappa shape index (κ2) is 36.4. The van der Waals surface area contributed by atoms with Crippen LogP contribution in [0.4, 0.5) is 41.4 Å². The predicted molar refractivity (Wildman–Crippen MR) is 460 cm³/mol. The van der Waals surface area contributed by atoms with Crippen molar-refractivity contribution in [3.05, 3.63) is 417 Å². The van der Waals surface area contributed by atoms with Crippen molar-refractivity contribution in [3.63, 3.8) is 0 Å². The van der Waals surface area contributed by atoms with Crippen LogP contribution >= 0.6 is 0 Å². The highest BCUT2D eigenvalue weighted by molar-refractivity contribution is 5.76. The lowest BCUT2D eigenvalue weighted by Gasteiger charge is -2.27. The van der Waals surface area contributed by atoms with E-state index < -0.39 is 0 Å². The largest absolute Gasteiger partial charge is 0.497 e. The van der Waals surface area contributed by atoms with E-state index in [1.807, 2.05) is 170 Å². The molecule has 0 bridgehead atoms. The standard InChI is InChI=1S/2C27H24FN3O.2C23H18FN3O/c1-32-20-12-10-18(11-13-20)14-15-29-27-30-17-19-16-24(22-7-4-5-9-25(22)28)21-6-2-3-8-23(21)26(19)31-27;1-32-22-12-6-18(7-13-22)14-15-29-27-30-17-20-16-25(19-8-10-21(28)11-9-19)23-4-2-3-5-24(23)26(20)31-27;24-21-10-4-3-8-18(21)20-12-15-13-25-23(26-14-16-6-5-11-28-16)27-22(15)19-9-2-1-7-17(19)20;24-17-9-7-15(8-10-17)21-12-16-13-25-23(26-14-18-4-3-11-28-18)27-22(16)20-6-2-1-5-19(20)21/h2-13,17,24H,14-16H2,1H3,(H,29,30,31);2-13,17,25H,14-16H2,1H3,(H,29,30,31);1-11,13,20H,12,14H2,(H,25,26,27);1-11,13,21H,12,14H2,(H,25,26,27). The number of furan rings is 2. The van der Waals surface area contributed by atoms with Gasteiger partial charge >= 0.3 is 0 Å². The molecule has 4 unspecified atom stereocenters. The van der Waals surface area contributed by atoms with E-state index in [4.69, 9.17) is 38.2 Å². The molecule has 0 radical (unpaired) electrons. The summed E-state index contributed by atoms with van der Waals surface area (Å²) >= 11 is 0. The Morgan fingerprint density at radius 1 is 0.317 bits per heavy atom. The number of rotatable bonds is 20. The molecule has 4 aliphatic carbocycles. The van der Waals surface area contributed by atoms with Gasteiger partial charge in [-0.05, 0) is 201 Å². The van der Waals surface area contributed by atoms with E-state index in [0.29, 0.717) is 60.9 Å². The fourth-order valence-corrected chi connectivity index (χ4v) is 16.3. The molecule has 0 fully saturated rings. The first-order valence-corrected chi connectivity index (χ1v) is 40.1. The van der Waals surface area contributed by atoms with E-state index in [9.17, 15) is 17.6 Å². The third kappa shape index (κ3) is 17.8. The molecule has 6 heterocycles. The highest BCUT2D eigenvalue weighted by atomic mass is 19.1. The Kier molecular flexibility index (Phi) is 23.7. The number of hydrogen-bond donors (Lipinski definition) is 4. The number of anilines is 4. The smallest absolute Gasteiger partial charge is 0.223 e. The molecule has 0 saturated heterocycles. The van der Waals surface area contributed by atoms with Crippen LogP contribution in [-0.4, -0.2) is 67.2 Å². The average molecular weight is 1590 g/mol. The van der Waals surface area contributed by atoms with Gasteiger partial charge in [0.15, 0.2) is 0 Å². The third-order valence-corrected chi connectivity index (χ3v) is 22.3. The van der Waals surface area contributed by atoms with Crippen molar-refractivity contribution in [2.45, 2.75) is 75.3 Å². The number of nitrogens with zero attached hydrogens (tertiary/aromatic N) is 8. The highest BCUT2D eigenvalue weighted by Gasteiger charge is 2.33. The minimum absolute atomic E-state index is 0.0441. The van der Waals surface area contributed by atoms with Gasteiger partial charge in [0.25, 0.3) is 0 Å². The molecule has 4 aliphatic rings. The van der Waals surface area contributed by atoms with E-state index in [-0.39, 0.29) is 46.9 Å². The van der Waals surface area contributed by atoms with Gasteiger partial charge in [-0.15, -0.1) is 0 Å². The number of fused-ring (bicyclic) bond motifs is 12. The predicted octanol–water partition coefficient (Wildman–Crippen LogP) is 21.6. The molecule has 0 aliphatic heterocycles. The molecule has 20 rings (SSSR count). The summed E-state index contributed by atoms with van der Waals surface area (Å²) < 4.78 is 77.0. The van der Waals surface area contributed by atoms with Crippen molar-refractivity contribution in [3.8, 4) is 56.5 Å². The third-order valence-electron chi connectivity index (χ3n) is 22.3. The van der Waals surface area contributed by atoms with Crippen molar-refractivity contribution in [1.29, 1.82) is 0 Å². The van der Waals surface area contributed by atoms with Crippen LogP contribution in [0.3, 0.4) is 0 Å². The van der Waals surface area contributed by atoms with Gasteiger partial charge in [0.05, 0.1) is 62.6 Å². The Hall–Kier alpha value is -14.4. The van der Waals surface area contributed by atoms with Gasteiger partial charge in [-0.1, -0.05) is 182 Å². The molecular formula is C100H84F4N12O4. The van der Waals surface area contributed by atoms with Gasteiger partial charge in [-0.2, -0.15) is 0 Å². The van der Waals surface area contributed by atoms with Gasteiger partial charge in [0.2, 0.25) is 23.8 Å². The minimum atomic E-state index is -0.219. The summed E-state index contributed by atoms with van der Waals surface area (Å²) in [4.78, 5) is 37.2.